The van der Waals surface area contributed by atoms with Gasteiger partial charge in [-0.15, -0.1) is 0 Å². The normalized spacial score (nSPS) is 20.3. The molecule has 1 aliphatic heterocycles. The Bertz CT molecular complexity index is 609. The molecule has 1 aromatic carbocycles. The number of hydrogen-bond acceptors (Lipinski definition) is 6. The van der Waals surface area contributed by atoms with Crippen LogP contribution in [0.3, 0.4) is 0 Å². The van der Waals surface area contributed by atoms with E-state index in [-0.39, 0.29) is 18.2 Å². The summed E-state index contributed by atoms with van der Waals surface area (Å²) in [6.07, 6.45) is 0.273. The molecule has 1 saturated heterocycles. The maximum Gasteiger partial charge on any atom is 0.410 e. The number of carbonyl (C=O) groups is 2. The molecule has 25 heavy (non-hydrogen) atoms. The molecule has 0 unspecified atom stereocenters. The number of benzene rings is 1. The minimum Gasteiger partial charge on any atom is -0.491 e. The van der Waals surface area contributed by atoms with E-state index in [1.165, 1.54) is 7.11 Å². The summed E-state index contributed by atoms with van der Waals surface area (Å²) in [7, 11) is 1.33. The lowest BCUT2D eigenvalue weighted by molar-refractivity contribution is 0.0186. The SMILES string of the molecule is COC(=O)c1ccc(OC[C@@H]2C[C@H](N)CN2C(=O)OC(C)(C)C)cc1. The molecule has 2 N–H and O–H groups in total. The summed E-state index contributed by atoms with van der Waals surface area (Å²) in [6.45, 7) is 6.24. The van der Waals surface area contributed by atoms with Crippen LogP contribution < -0.4 is 10.5 Å². The van der Waals surface area contributed by atoms with E-state index in [4.69, 9.17) is 15.2 Å². The number of nitrogens with two attached hydrogens (primary N) is 1. The van der Waals surface area contributed by atoms with Crippen molar-refractivity contribution >= 4 is 12.1 Å². The van der Waals surface area contributed by atoms with E-state index in [2.05, 4.69) is 4.74 Å². The average Bonchev–Trinajstić information content (AvgIpc) is 2.92. The molecule has 0 aromatic heterocycles. The number of methoxy groups -OCH3 is 1. The second kappa shape index (κ2) is 7.74. The van der Waals surface area contributed by atoms with Crippen LogP contribution in [0, 0.1) is 0 Å². The summed E-state index contributed by atoms with van der Waals surface area (Å²) in [6, 6.07) is 6.41. The Balaban J connectivity index is 1.96. The fourth-order valence-corrected chi connectivity index (χ4v) is 2.65. The van der Waals surface area contributed by atoms with E-state index in [9.17, 15) is 9.59 Å². The Morgan fingerprint density at radius 1 is 1.24 bits per heavy atom. The molecule has 2 atom stereocenters. The van der Waals surface area contributed by atoms with Crippen LogP contribution in [0.15, 0.2) is 24.3 Å². The van der Waals surface area contributed by atoms with Gasteiger partial charge in [-0.3, -0.25) is 0 Å². The van der Waals surface area contributed by atoms with Crippen LogP contribution in [-0.2, 0) is 9.47 Å². The Morgan fingerprint density at radius 2 is 1.88 bits per heavy atom. The molecule has 1 amide bonds. The van der Waals surface area contributed by atoms with Crippen LogP contribution in [-0.4, -0.2) is 54.9 Å². The zero-order chi connectivity index (χ0) is 18.6. The van der Waals surface area contributed by atoms with Crippen LogP contribution in [0.25, 0.3) is 0 Å². The van der Waals surface area contributed by atoms with Crippen molar-refractivity contribution in [2.24, 2.45) is 5.73 Å². The fourth-order valence-electron chi connectivity index (χ4n) is 2.65. The quantitative estimate of drug-likeness (QED) is 0.837. The van der Waals surface area contributed by atoms with Crippen LogP contribution in [0.5, 0.6) is 5.75 Å². The molecule has 138 valence electrons. The number of likely N-dealkylation sites (tertiary alicyclic amines) is 1. The lowest BCUT2D eigenvalue weighted by Gasteiger charge is -2.28. The van der Waals surface area contributed by atoms with Gasteiger partial charge in [0.05, 0.1) is 18.7 Å². The number of amides is 1. The van der Waals surface area contributed by atoms with Crippen molar-refractivity contribution in [2.75, 3.05) is 20.3 Å². The van der Waals surface area contributed by atoms with Gasteiger partial charge in [0.2, 0.25) is 0 Å². The van der Waals surface area contributed by atoms with Gasteiger partial charge in [-0.1, -0.05) is 0 Å². The first-order valence-electron chi connectivity index (χ1n) is 8.26. The number of rotatable bonds is 4. The van der Waals surface area contributed by atoms with E-state index < -0.39 is 11.6 Å². The van der Waals surface area contributed by atoms with E-state index >= 15 is 0 Å². The predicted octanol–water partition coefficient (Wildman–Crippen LogP) is 2.19. The monoisotopic (exact) mass is 350 g/mol. The highest BCUT2D eigenvalue weighted by molar-refractivity contribution is 5.89. The molecule has 0 spiro atoms. The minimum atomic E-state index is -0.557. The lowest BCUT2D eigenvalue weighted by Crippen LogP contribution is -2.42. The van der Waals surface area contributed by atoms with Crippen molar-refractivity contribution < 1.29 is 23.8 Å². The topological polar surface area (TPSA) is 91.1 Å². The van der Waals surface area contributed by atoms with Gasteiger partial charge in [0.15, 0.2) is 0 Å². The summed E-state index contributed by atoms with van der Waals surface area (Å²) >= 11 is 0. The molecule has 1 heterocycles. The number of nitrogens with zero attached hydrogens (tertiary/aromatic N) is 1. The molecule has 7 heteroatoms. The van der Waals surface area contributed by atoms with E-state index in [0.29, 0.717) is 30.9 Å². The molecular formula is C18H26N2O5. The molecule has 1 aliphatic rings. The molecule has 0 saturated carbocycles. The van der Waals surface area contributed by atoms with Crippen LogP contribution in [0.2, 0.25) is 0 Å². The van der Waals surface area contributed by atoms with Gasteiger partial charge in [0.25, 0.3) is 0 Å². The van der Waals surface area contributed by atoms with E-state index in [1.54, 1.807) is 29.2 Å². The fraction of sp³-hybridized carbons (Fsp3) is 0.556. The molecule has 0 aliphatic carbocycles. The highest BCUT2D eigenvalue weighted by atomic mass is 16.6. The standard InChI is InChI=1S/C18H26N2O5/c1-18(2,3)25-17(22)20-10-13(19)9-14(20)11-24-15-7-5-12(6-8-15)16(21)23-4/h5-8,13-14H,9-11,19H2,1-4H3/t13-,14-/m0/s1. The Morgan fingerprint density at radius 3 is 2.44 bits per heavy atom. The molecule has 0 radical (unpaired) electrons. The Kier molecular flexibility index (Phi) is 5.89. The van der Waals surface area contributed by atoms with Gasteiger partial charge in [-0.2, -0.15) is 0 Å². The van der Waals surface area contributed by atoms with Gasteiger partial charge < -0.3 is 24.8 Å². The third-order valence-electron chi connectivity index (χ3n) is 3.79. The summed E-state index contributed by atoms with van der Waals surface area (Å²) in [5.74, 6) is 0.210. The van der Waals surface area contributed by atoms with Gasteiger partial charge >= 0.3 is 12.1 Å². The number of hydrogen-bond donors (Lipinski definition) is 1. The second-order valence-electron chi connectivity index (χ2n) is 7.11. The summed E-state index contributed by atoms with van der Waals surface area (Å²) in [5, 5.41) is 0. The number of esters is 1. The Hall–Kier alpha value is -2.28. The molecule has 2 rings (SSSR count). The first kappa shape index (κ1) is 19.1. The van der Waals surface area contributed by atoms with Crippen LogP contribution in [0.4, 0.5) is 4.79 Å². The third-order valence-corrected chi connectivity index (χ3v) is 3.79. The first-order valence-corrected chi connectivity index (χ1v) is 8.26. The van der Waals surface area contributed by atoms with Crippen molar-refractivity contribution in [3.63, 3.8) is 0 Å². The van der Waals surface area contributed by atoms with E-state index in [0.717, 1.165) is 0 Å². The molecule has 1 aromatic rings. The van der Waals surface area contributed by atoms with Crippen molar-refractivity contribution in [2.45, 2.75) is 44.9 Å². The van der Waals surface area contributed by atoms with Gasteiger partial charge in [-0.25, -0.2) is 9.59 Å². The first-order chi connectivity index (χ1) is 11.7. The van der Waals surface area contributed by atoms with E-state index in [1.807, 2.05) is 20.8 Å². The molecule has 0 bridgehead atoms. The minimum absolute atomic E-state index is 0.0946. The van der Waals surface area contributed by atoms with Gasteiger partial charge in [0.1, 0.15) is 18.0 Å². The molecule has 7 nitrogen and oxygen atoms in total. The van der Waals surface area contributed by atoms with Crippen molar-refractivity contribution in [3.8, 4) is 5.75 Å². The predicted molar refractivity (Wildman–Crippen MR) is 92.6 cm³/mol. The zero-order valence-corrected chi connectivity index (χ0v) is 15.2. The summed E-state index contributed by atoms with van der Waals surface area (Å²) in [4.78, 5) is 25.4. The molecule has 1 fully saturated rings. The smallest absolute Gasteiger partial charge is 0.410 e. The zero-order valence-electron chi connectivity index (χ0n) is 15.2. The highest BCUT2D eigenvalue weighted by Crippen LogP contribution is 2.22. The third kappa shape index (κ3) is 5.35. The van der Waals surface area contributed by atoms with Crippen LogP contribution >= 0.6 is 0 Å². The van der Waals surface area contributed by atoms with Crippen LogP contribution in [0.1, 0.15) is 37.6 Å². The highest BCUT2D eigenvalue weighted by Gasteiger charge is 2.36. The van der Waals surface area contributed by atoms with Crippen molar-refractivity contribution in [1.82, 2.24) is 4.90 Å². The number of ether oxygens (including phenoxy) is 3. The van der Waals surface area contributed by atoms with Gasteiger partial charge in [0, 0.05) is 12.6 Å². The largest absolute Gasteiger partial charge is 0.491 e. The lowest BCUT2D eigenvalue weighted by atomic mass is 10.2. The maximum absolute atomic E-state index is 12.3. The van der Waals surface area contributed by atoms with Crippen molar-refractivity contribution in [1.29, 1.82) is 0 Å². The molecular weight excluding hydrogens is 324 g/mol. The van der Waals surface area contributed by atoms with Gasteiger partial charge in [-0.05, 0) is 51.5 Å². The summed E-state index contributed by atoms with van der Waals surface area (Å²) < 4.78 is 15.8. The Labute approximate surface area is 148 Å². The summed E-state index contributed by atoms with van der Waals surface area (Å²) in [5.41, 5.74) is 5.89. The number of carbonyl (C=O) groups excluding carboxylic acids is 2. The maximum atomic E-state index is 12.3. The average molecular weight is 350 g/mol. The second-order valence-corrected chi connectivity index (χ2v) is 7.11. The van der Waals surface area contributed by atoms with Crippen molar-refractivity contribution in [3.05, 3.63) is 29.8 Å².